The summed E-state index contributed by atoms with van der Waals surface area (Å²) >= 11 is 0. The van der Waals surface area contributed by atoms with E-state index < -0.39 is 0 Å². The number of likely N-dealkylation sites (tertiary alicyclic amines) is 1. The molecule has 3 heteroatoms. The van der Waals surface area contributed by atoms with Crippen molar-refractivity contribution in [2.24, 2.45) is 0 Å². The van der Waals surface area contributed by atoms with Gasteiger partial charge in [-0.2, -0.15) is 0 Å². The van der Waals surface area contributed by atoms with Gasteiger partial charge in [0.25, 0.3) is 0 Å². The van der Waals surface area contributed by atoms with Gasteiger partial charge in [-0.3, -0.25) is 4.79 Å². The van der Waals surface area contributed by atoms with Crippen molar-refractivity contribution in [3.63, 3.8) is 0 Å². The van der Waals surface area contributed by atoms with Crippen LogP contribution in [0.2, 0.25) is 0 Å². The van der Waals surface area contributed by atoms with Gasteiger partial charge in [0.05, 0.1) is 6.04 Å². The average molecular weight is 238 g/mol. The molecule has 0 aromatic carbocycles. The van der Waals surface area contributed by atoms with Crippen LogP contribution < -0.4 is 5.32 Å². The molecule has 98 valence electrons. The van der Waals surface area contributed by atoms with E-state index in [4.69, 9.17) is 0 Å². The standard InChI is InChI=1S/C14H26N2O/c1-2-7-12-8-4-6-11-16(12)14(17)13-9-3-5-10-15-13/h12-13,15H,2-11H2,1H3. The summed E-state index contributed by atoms with van der Waals surface area (Å²) in [6.07, 6.45) is 9.54. The lowest BCUT2D eigenvalue weighted by Gasteiger charge is -2.39. The SMILES string of the molecule is CCCC1CCCCN1C(=O)C1CCCCN1. The zero-order valence-electron chi connectivity index (χ0n) is 11.1. The van der Waals surface area contributed by atoms with Gasteiger partial charge >= 0.3 is 0 Å². The zero-order chi connectivity index (χ0) is 12.1. The molecule has 0 aromatic rings. The predicted octanol–water partition coefficient (Wildman–Crippen LogP) is 2.31. The molecule has 1 N–H and O–H groups in total. The van der Waals surface area contributed by atoms with Crippen molar-refractivity contribution in [3.05, 3.63) is 0 Å². The minimum atomic E-state index is 0.112. The molecule has 2 atom stereocenters. The van der Waals surface area contributed by atoms with Crippen molar-refractivity contribution in [1.29, 1.82) is 0 Å². The van der Waals surface area contributed by atoms with Crippen molar-refractivity contribution in [2.75, 3.05) is 13.1 Å². The maximum Gasteiger partial charge on any atom is 0.239 e. The van der Waals surface area contributed by atoms with Crippen LogP contribution in [0.15, 0.2) is 0 Å². The van der Waals surface area contributed by atoms with E-state index >= 15 is 0 Å². The second kappa shape index (κ2) is 6.39. The van der Waals surface area contributed by atoms with Gasteiger partial charge in [0.2, 0.25) is 5.91 Å². The zero-order valence-corrected chi connectivity index (χ0v) is 11.1. The number of hydrogen-bond acceptors (Lipinski definition) is 2. The first-order valence-corrected chi connectivity index (χ1v) is 7.36. The van der Waals surface area contributed by atoms with E-state index in [-0.39, 0.29) is 6.04 Å². The lowest BCUT2D eigenvalue weighted by atomic mass is 9.95. The van der Waals surface area contributed by atoms with Gasteiger partial charge in [0.1, 0.15) is 0 Å². The van der Waals surface area contributed by atoms with Gasteiger partial charge in [0.15, 0.2) is 0 Å². The van der Waals surface area contributed by atoms with Gasteiger partial charge < -0.3 is 10.2 Å². The molecule has 2 aliphatic rings. The number of nitrogens with zero attached hydrogens (tertiary/aromatic N) is 1. The molecule has 0 saturated carbocycles. The Labute approximate surface area is 105 Å². The van der Waals surface area contributed by atoms with Crippen LogP contribution in [0.5, 0.6) is 0 Å². The van der Waals surface area contributed by atoms with E-state index in [1.165, 1.54) is 44.9 Å². The molecule has 2 heterocycles. The van der Waals surface area contributed by atoms with Gasteiger partial charge in [-0.1, -0.05) is 19.8 Å². The summed E-state index contributed by atoms with van der Waals surface area (Å²) in [5.74, 6) is 0.378. The number of piperidine rings is 2. The Hall–Kier alpha value is -0.570. The molecular weight excluding hydrogens is 212 g/mol. The average Bonchev–Trinajstić information content (AvgIpc) is 2.40. The summed E-state index contributed by atoms with van der Waals surface area (Å²) in [4.78, 5) is 14.7. The molecule has 2 saturated heterocycles. The molecule has 0 radical (unpaired) electrons. The maximum absolute atomic E-state index is 12.5. The number of carbonyl (C=O) groups excluding carboxylic acids is 1. The highest BCUT2D eigenvalue weighted by atomic mass is 16.2. The third-order valence-corrected chi connectivity index (χ3v) is 4.14. The smallest absolute Gasteiger partial charge is 0.239 e. The van der Waals surface area contributed by atoms with Gasteiger partial charge in [-0.25, -0.2) is 0 Å². The topological polar surface area (TPSA) is 32.3 Å². The number of rotatable bonds is 3. The molecule has 2 fully saturated rings. The molecule has 0 aliphatic carbocycles. The molecule has 1 amide bonds. The summed E-state index contributed by atoms with van der Waals surface area (Å²) in [5.41, 5.74) is 0. The van der Waals surface area contributed by atoms with Crippen LogP contribution >= 0.6 is 0 Å². The Morgan fingerprint density at radius 1 is 1.24 bits per heavy atom. The fourth-order valence-electron chi connectivity index (χ4n) is 3.19. The van der Waals surface area contributed by atoms with E-state index in [0.29, 0.717) is 11.9 Å². The highest BCUT2D eigenvalue weighted by Gasteiger charge is 2.31. The van der Waals surface area contributed by atoms with Crippen LogP contribution in [0, 0.1) is 0 Å². The first kappa shape index (κ1) is 12.9. The van der Waals surface area contributed by atoms with Crippen molar-refractivity contribution >= 4 is 5.91 Å². The van der Waals surface area contributed by atoms with E-state index in [0.717, 1.165) is 19.5 Å². The second-order valence-electron chi connectivity index (χ2n) is 5.47. The van der Waals surface area contributed by atoms with Gasteiger partial charge in [0, 0.05) is 12.6 Å². The number of hydrogen-bond donors (Lipinski definition) is 1. The molecule has 0 aromatic heterocycles. The monoisotopic (exact) mass is 238 g/mol. The van der Waals surface area contributed by atoms with Crippen LogP contribution in [-0.2, 0) is 4.79 Å². The lowest BCUT2D eigenvalue weighted by Crippen LogP contribution is -2.53. The number of carbonyl (C=O) groups is 1. The van der Waals surface area contributed by atoms with E-state index in [1.807, 2.05) is 0 Å². The summed E-state index contributed by atoms with van der Waals surface area (Å²) in [6.45, 7) is 4.22. The highest BCUT2D eigenvalue weighted by Crippen LogP contribution is 2.23. The lowest BCUT2D eigenvalue weighted by molar-refractivity contribution is -0.137. The first-order chi connectivity index (χ1) is 8.33. The van der Waals surface area contributed by atoms with Crippen molar-refractivity contribution in [1.82, 2.24) is 10.2 Å². The van der Waals surface area contributed by atoms with Crippen LogP contribution in [0.25, 0.3) is 0 Å². The third kappa shape index (κ3) is 3.21. The summed E-state index contributed by atoms with van der Waals surface area (Å²) < 4.78 is 0. The molecule has 2 rings (SSSR count). The van der Waals surface area contributed by atoms with Crippen molar-refractivity contribution < 1.29 is 4.79 Å². The summed E-state index contributed by atoms with van der Waals surface area (Å²) in [7, 11) is 0. The van der Waals surface area contributed by atoms with E-state index in [1.54, 1.807) is 0 Å². The third-order valence-electron chi connectivity index (χ3n) is 4.14. The summed E-state index contributed by atoms with van der Waals surface area (Å²) in [5, 5.41) is 3.39. The Morgan fingerprint density at radius 2 is 2.06 bits per heavy atom. The fourth-order valence-corrected chi connectivity index (χ4v) is 3.19. The van der Waals surface area contributed by atoms with Gasteiger partial charge in [-0.05, 0) is 45.1 Å². The highest BCUT2D eigenvalue weighted by molar-refractivity contribution is 5.82. The Balaban J connectivity index is 1.94. The van der Waals surface area contributed by atoms with Crippen molar-refractivity contribution in [2.45, 2.75) is 70.4 Å². The van der Waals surface area contributed by atoms with Crippen LogP contribution in [0.3, 0.4) is 0 Å². The predicted molar refractivity (Wildman–Crippen MR) is 69.9 cm³/mol. The molecule has 17 heavy (non-hydrogen) atoms. The van der Waals surface area contributed by atoms with E-state index in [9.17, 15) is 4.79 Å². The normalized spacial score (nSPS) is 30.3. The molecular formula is C14H26N2O. The number of amides is 1. The maximum atomic E-state index is 12.5. The Kier molecular flexibility index (Phi) is 4.84. The minimum absolute atomic E-state index is 0.112. The fraction of sp³-hybridized carbons (Fsp3) is 0.929. The van der Waals surface area contributed by atoms with Crippen LogP contribution in [-0.4, -0.2) is 36.0 Å². The molecule has 0 bridgehead atoms. The quantitative estimate of drug-likeness (QED) is 0.818. The number of nitrogens with one attached hydrogen (secondary N) is 1. The molecule has 2 unspecified atom stereocenters. The first-order valence-electron chi connectivity index (χ1n) is 7.36. The molecule has 2 aliphatic heterocycles. The molecule has 0 spiro atoms. The largest absolute Gasteiger partial charge is 0.338 e. The van der Waals surface area contributed by atoms with Crippen LogP contribution in [0.1, 0.15) is 58.3 Å². The molecule has 3 nitrogen and oxygen atoms in total. The van der Waals surface area contributed by atoms with Crippen LogP contribution in [0.4, 0.5) is 0 Å². The Bertz CT molecular complexity index is 247. The second-order valence-corrected chi connectivity index (χ2v) is 5.47. The van der Waals surface area contributed by atoms with Gasteiger partial charge in [-0.15, -0.1) is 0 Å². The Morgan fingerprint density at radius 3 is 2.76 bits per heavy atom. The van der Waals surface area contributed by atoms with Crippen molar-refractivity contribution in [3.8, 4) is 0 Å². The minimum Gasteiger partial charge on any atom is -0.338 e. The summed E-state index contributed by atoms with van der Waals surface area (Å²) in [6, 6.07) is 0.631. The van der Waals surface area contributed by atoms with E-state index in [2.05, 4.69) is 17.1 Å².